The van der Waals surface area contributed by atoms with Crippen LogP contribution in [0.3, 0.4) is 0 Å². The van der Waals surface area contributed by atoms with Crippen LogP contribution in [0.5, 0.6) is 0 Å². The van der Waals surface area contributed by atoms with Crippen LogP contribution in [0.25, 0.3) is 0 Å². The van der Waals surface area contributed by atoms with Gasteiger partial charge in [0.2, 0.25) is 0 Å². The van der Waals surface area contributed by atoms with Gasteiger partial charge in [0.1, 0.15) is 0 Å². The molecule has 0 bridgehead atoms. The van der Waals surface area contributed by atoms with Crippen LogP contribution >= 0.6 is 0 Å². The third-order valence-corrected chi connectivity index (χ3v) is 3.45. The van der Waals surface area contributed by atoms with Gasteiger partial charge < -0.3 is 15.4 Å². The maximum absolute atomic E-state index is 5.32. The number of nitrogens with one attached hydrogen (secondary N) is 2. The number of hydrogen-bond donors (Lipinski definition) is 2. The van der Waals surface area contributed by atoms with Crippen molar-refractivity contribution in [1.29, 1.82) is 0 Å². The molecule has 1 aliphatic heterocycles. The molecule has 1 heterocycles. The van der Waals surface area contributed by atoms with Crippen molar-refractivity contribution in [2.75, 3.05) is 45.9 Å². The SMILES string of the molecule is CCNC(=NCC1CCCN1CC)NCCOCC. The normalized spacial score (nSPS) is 20.8. The Bertz CT molecular complexity index is 258. The Morgan fingerprint density at radius 1 is 1.32 bits per heavy atom. The topological polar surface area (TPSA) is 48.9 Å². The van der Waals surface area contributed by atoms with Crippen LogP contribution in [0.15, 0.2) is 4.99 Å². The highest BCUT2D eigenvalue weighted by Gasteiger charge is 2.22. The van der Waals surface area contributed by atoms with E-state index in [-0.39, 0.29) is 0 Å². The average Bonchev–Trinajstić information content (AvgIpc) is 2.88. The molecule has 1 saturated heterocycles. The zero-order valence-corrected chi connectivity index (χ0v) is 12.7. The molecule has 0 spiro atoms. The van der Waals surface area contributed by atoms with E-state index in [1.807, 2.05) is 6.92 Å². The summed E-state index contributed by atoms with van der Waals surface area (Å²) in [6, 6.07) is 0.618. The van der Waals surface area contributed by atoms with Crippen LogP contribution in [0, 0.1) is 0 Å². The first-order valence-electron chi connectivity index (χ1n) is 7.65. The molecule has 5 heteroatoms. The monoisotopic (exact) mass is 270 g/mol. The number of nitrogens with zero attached hydrogens (tertiary/aromatic N) is 2. The molecular weight excluding hydrogens is 240 g/mol. The lowest BCUT2D eigenvalue weighted by Gasteiger charge is -2.21. The van der Waals surface area contributed by atoms with Crippen LogP contribution in [0.1, 0.15) is 33.6 Å². The average molecular weight is 270 g/mol. The Morgan fingerprint density at radius 3 is 2.84 bits per heavy atom. The second kappa shape index (κ2) is 10.0. The third-order valence-electron chi connectivity index (χ3n) is 3.45. The molecule has 19 heavy (non-hydrogen) atoms. The molecule has 0 aliphatic carbocycles. The largest absolute Gasteiger partial charge is 0.380 e. The van der Waals surface area contributed by atoms with Crippen LogP contribution in [-0.4, -0.2) is 62.8 Å². The Kier molecular flexibility index (Phi) is 8.58. The summed E-state index contributed by atoms with van der Waals surface area (Å²) in [6.07, 6.45) is 2.58. The van der Waals surface area contributed by atoms with Crippen molar-refractivity contribution < 1.29 is 4.74 Å². The molecule has 2 N–H and O–H groups in total. The minimum Gasteiger partial charge on any atom is -0.380 e. The van der Waals surface area contributed by atoms with E-state index in [1.165, 1.54) is 19.4 Å². The maximum Gasteiger partial charge on any atom is 0.191 e. The van der Waals surface area contributed by atoms with Crippen molar-refractivity contribution in [3.63, 3.8) is 0 Å². The molecule has 0 aromatic carbocycles. The first kappa shape index (κ1) is 16.2. The van der Waals surface area contributed by atoms with Gasteiger partial charge in [-0.15, -0.1) is 0 Å². The molecule has 1 rings (SSSR count). The summed E-state index contributed by atoms with van der Waals surface area (Å²) in [5, 5.41) is 6.59. The summed E-state index contributed by atoms with van der Waals surface area (Å²) >= 11 is 0. The van der Waals surface area contributed by atoms with E-state index in [0.717, 1.165) is 45.4 Å². The molecule has 112 valence electrons. The number of likely N-dealkylation sites (tertiary alicyclic amines) is 1. The zero-order valence-electron chi connectivity index (χ0n) is 12.7. The molecule has 1 aliphatic rings. The first-order valence-corrected chi connectivity index (χ1v) is 7.65. The Hall–Kier alpha value is -0.810. The minimum absolute atomic E-state index is 0.618. The van der Waals surface area contributed by atoms with E-state index >= 15 is 0 Å². The van der Waals surface area contributed by atoms with Crippen molar-refractivity contribution >= 4 is 5.96 Å². The van der Waals surface area contributed by atoms with Crippen molar-refractivity contribution in [1.82, 2.24) is 15.5 Å². The molecule has 0 aromatic rings. The molecule has 0 radical (unpaired) electrons. The van der Waals surface area contributed by atoms with Crippen molar-refractivity contribution in [3.05, 3.63) is 0 Å². The summed E-state index contributed by atoms with van der Waals surface area (Å²) in [5.74, 6) is 0.908. The lowest BCUT2D eigenvalue weighted by atomic mass is 10.2. The van der Waals surface area contributed by atoms with Crippen LogP contribution in [-0.2, 0) is 4.74 Å². The highest BCUT2D eigenvalue weighted by molar-refractivity contribution is 5.79. The van der Waals surface area contributed by atoms with Crippen molar-refractivity contribution in [2.45, 2.75) is 39.7 Å². The second-order valence-corrected chi connectivity index (χ2v) is 4.77. The summed E-state index contributed by atoms with van der Waals surface area (Å²) in [6.45, 7) is 12.8. The molecule has 0 aromatic heterocycles. The Morgan fingerprint density at radius 2 is 2.16 bits per heavy atom. The van der Waals surface area contributed by atoms with Crippen molar-refractivity contribution in [2.24, 2.45) is 4.99 Å². The first-order chi connectivity index (χ1) is 9.31. The van der Waals surface area contributed by atoms with Gasteiger partial charge in [-0.1, -0.05) is 6.92 Å². The highest BCUT2D eigenvalue weighted by Crippen LogP contribution is 2.16. The van der Waals surface area contributed by atoms with E-state index < -0.39 is 0 Å². The van der Waals surface area contributed by atoms with Gasteiger partial charge in [0, 0.05) is 25.7 Å². The van der Waals surface area contributed by atoms with Crippen molar-refractivity contribution in [3.8, 4) is 0 Å². The van der Waals surface area contributed by atoms with E-state index in [9.17, 15) is 0 Å². The van der Waals surface area contributed by atoms with Gasteiger partial charge in [0.15, 0.2) is 5.96 Å². The third kappa shape index (κ3) is 6.25. The van der Waals surface area contributed by atoms with E-state index in [0.29, 0.717) is 6.04 Å². The van der Waals surface area contributed by atoms with Gasteiger partial charge in [0.25, 0.3) is 0 Å². The number of guanidine groups is 1. The summed E-state index contributed by atoms with van der Waals surface area (Å²) < 4.78 is 5.32. The Balaban J connectivity index is 2.34. The fraction of sp³-hybridized carbons (Fsp3) is 0.929. The lowest BCUT2D eigenvalue weighted by Crippen LogP contribution is -2.40. The number of rotatable bonds is 8. The molecule has 1 unspecified atom stereocenters. The second-order valence-electron chi connectivity index (χ2n) is 4.77. The van der Waals surface area contributed by atoms with Crippen LogP contribution < -0.4 is 10.6 Å². The number of aliphatic imine (C=N–C) groups is 1. The molecule has 5 nitrogen and oxygen atoms in total. The zero-order chi connectivity index (χ0) is 13.9. The predicted molar refractivity (Wildman–Crippen MR) is 80.7 cm³/mol. The van der Waals surface area contributed by atoms with Gasteiger partial charge in [0.05, 0.1) is 13.2 Å². The lowest BCUT2D eigenvalue weighted by molar-refractivity contribution is 0.152. The molecule has 1 atom stereocenters. The van der Waals surface area contributed by atoms with Gasteiger partial charge in [-0.3, -0.25) is 9.89 Å². The van der Waals surface area contributed by atoms with E-state index in [1.54, 1.807) is 0 Å². The number of ether oxygens (including phenoxy) is 1. The predicted octanol–water partition coefficient (Wildman–Crippen LogP) is 1.06. The standard InChI is InChI=1S/C14H30N4O/c1-4-15-14(16-9-11-19-6-3)17-12-13-8-7-10-18(13)5-2/h13H,4-12H2,1-3H3,(H2,15,16,17). The van der Waals surface area contributed by atoms with E-state index in [4.69, 9.17) is 4.74 Å². The fourth-order valence-electron chi connectivity index (χ4n) is 2.44. The molecule has 1 fully saturated rings. The number of hydrogen-bond acceptors (Lipinski definition) is 3. The fourth-order valence-corrected chi connectivity index (χ4v) is 2.44. The molecule has 0 saturated carbocycles. The highest BCUT2D eigenvalue weighted by atomic mass is 16.5. The molecular formula is C14H30N4O. The summed E-state index contributed by atoms with van der Waals surface area (Å²) in [7, 11) is 0. The summed E-state index contributed by atoms with van der Waals surface area (Å²) in [4.78, 5) is 7.21. The number of likely N-dealkylation sites (N-methyl/N-ethyl adjacent to an activating group) is 1. The molecule has 0 amide bonds. The quantitative estimate of drug-likeness (QED) is 0.393. The van der Waals surface area contributed by atoms with Gasteiger partial charge in [-0.25, -0.2) is 0 Å². The smallest absolute Gasteiger partial charge is 0.191 e. The van der Waals surface area contributed by atoms with Gasteiger partial charge in [-0.05, 0) is 39.8 Å². The minimum atomic E-state index is 0.618. The maximum atomic E-state index is 5.32. The van der Waals surface area contributed by atoms with E-state index in [2.05, 4.69) is 34.4 Å². The van der Waals surface area contributed by atoms with Crippen LogP contribution in [0.2, 0.25) is 0 Å². The van der Waals surface area contributed by atoms with Crippen LogP contribution in [0.4, 0.5) is 0 Å². The Labute approximate surface area is 117 Å². The van der Waals surface area contributed by atoms with Gasteiger partial charge >= 0.3 is 0 Å². The van der Waals surface area contributed by atoms with Gasteiger partial charge in [-0.2, -0.15) is 0 Å². The summed E-state index contributed by atoms with van der Waals surface area (Å²) in [5.41, 5.74) is 0.